The van der Waals surface area contributed by atoms with Crippen LogP contribution < -0.4 is 50.5 Å². The number of aromatic nitrogens is 7. The number of urea groups is 2. The van der Waals surface area contributed by atoms with Gasteiger partial charge in [-0.3, -0.25) is 20.0 Å². The molecule has 9 N–H and O–H groups in total. The fraction of sp³-hybridized carbons (Fsp3) is 0.367. The highest BCUT2D eigenvalue weighted by Gasteiger charge is 2.30. The molecule has 0 aliphatic rings. The number of amides is 4. The molecule has 3 aromatic carbocycles. The van der Waals surface area contributed by atoms with Crippen molar-refractivity contribution in [3.05, 3.63) is 110 Å². The number of hydrogen-bond donors (Lipinski definition) is 8. The number of carbonyl (C=O) groups excluding carboxylic acids is 2. The van der Waals surface area contributed by atoms with E-state index in [4.69, 9.17) is 57.9 Å². The molecule has 6 aromatic rings. The highest BCUT2D eigenvalue weighted by molar-refractivity contribution is 7.90. The summed E-state index contributed by atoms with van der Waals surface area (Å²) in [4.78, 5) is 82.7. The lowest BCUT2D eigenvalue weighted by molar-refractivity contribution is -0.138. The fourth-order valence-corrected chi connectivity index (χ4v) is 9.91. The van der Waals surface area contributed by atoms with Crippen LogP contribution >= 0.6 is 30.6 Å². The number of aryl methyl sites for hydroxylation is 2. The maximum Gasteiger partial charge on any atom is 0.442 e. The van der Waals surface area contributed by atoms with E-state index in [2.05, 4.69) is 44.8 Å². The van der Waals surface area contributed by atoms with Crippen LogP contribution in [0.1, 0.15) is 75.1 Å². The summed E-state index contributed by atoms with van der Waals surface area (Å²) >= 11 is 12.3. The first-order valence-corrected chi connectivity index (χ1v) is 31.2. The average Bonchev–Trinajstić information content (AvgIpc) is 1.80. The Morgan fingerprint density at radius 1 is 0.780 bits per heavy atom. The predicted molar refractivity (Wildman–Crippen MR) is 307 cm³/mol. The number of nitrogens with two attached hydrogens (primary N) is 1. The van der Waals surface area contributed by atoms with E-state index in [9.17, 15) is 76.1 Å². The number of carboxylic acid groups (broad SMARTS) is 2. The first-order chi connectivity index (χ1) is 41.9. The maximum atomic E-state index is 12.5. The van der Waals surface area contributed by atoms with Crippen LogP contribution in [0.2, 0.25) is 10.0 Å². The molecule has 3 aromatic heterocycles. The SMILES string of the molecule is CC(C)Oc1cc(-n2nc(C(C)(C)C)oc2=O)c(Cl)cc1Cl.COc1nc(C)nc(NC(=O)NS(=O)(=O)c2ccccc2CCC(F)(F)F)n1.CP(=O)(O)CCC(N)C(=O)O.O=C(Nc1nc(OC(F)F)cc(OC(F)F)n1)NS(=O)(=O)c1ccccc1C(=O)O. The zero-order valence-corrected chi connectivity index (χ0v) is 52.4. The Kier molecular flexibility index (Phi) is 27.8. The summed E-state index contributed by atoms with van der Waals surface area (Å²) < 4.78 is 174. The number of nitrogens with zero attached hydrogens (tertiary/aromatic N) is 7. The molecule has 30 nitrogen and oxygen atoms in total. The molecule has 42 heteroatoms. The van der Waals surface area contributed by atoms with Gasteiger partial charge in [-0.1, -0.05) is 74.3 Å². The number of sulfonamides is 2. The van der Waals surface area contributed by atoms with Crippen molar-refractivity contribution in [1.29, 1.82) is 0 Å². The molecule has 0 fully saturated rings. The van der Waals surface area contributed by atoms with Gasteiger partial charge >= 0.3 is 55.2 Å². The largest absolute Gasteiger partial charge is 0.489 e. The molecule has 4 amide bonds. The molecule has 2 atom stereocenters. The molecular weight excluding hydrogens is 1340 g/mol. The second kappa shape index (κ2) is 33.0. The molecule has 0 bridgehead atoms. The number of nitrogens with one attached hydrogen (secondary N) is 4. The number of carboxylic acids is 2. The van der Waals surface area contributed by atoms with Crippen molar-refractivity contribution in [2.75, 3.05) is 30.6 Å². The van der Waals surface area contributed by atoms with E-state index in [0.29, 0.717) is 28.4 Å². The third kappa shape index (κ3) is 26.5. The van der Waals surface area contributed by atoms with Gasteiger partial charge < -0.3 is 44.2 Å². The van der Waals surface area contributed by atoms with Gasteiger partial charge in [0.05, 0.1) is 45.5 Å². The molecule has 2 unspecified atom stereocenters. The van der Waals surface area contributed by atoms with Gasteiger partial charge in [0.1, 0.15) is 22.5 Å². The molecule has 0 radical (unpaired) electrons. The maximum absolute atomic E-state index is 12.5. The van der Waals surface area contributed by atoms with Crippen molar-refractivity contribution in [3.8, 4) is 29.2 Å². The Bertz CT molecular complexity index is 3860. The standard InChI is InChI=1S/C15H18Cl2N2O3.C15H16F3N5O4S.C14H10F4N4O7S.C5H12NO4P/c1-8(2)21-12-7-11(9(16)6-10(12)17)19-14(20)22-13(18-19)15(3,4)5;1-9-19-12(22-14(20-9)27-2)21-13(24)23-28(25,26)11-6-4-3-5-10(11)7-8-15(16,17)18;15-11(16)28-8-5-9(29-12(17)18)20-13(19-8)21-14(25)22-30(26,27)7-4-2-1-3-6(7)10(23)24;1-11(9,10)3-2-4(6)5(7)8/h6-8H,1-5H3;3-6H,7-8H2,1-2H3,(H2,19,20,21,22,23,24);1-5,11-12H,(H,23,24)(H2,19,20,21,22,25);4H,2-3,6H2,1H3,(H,7,8)(H,9,10). The monoisotopic (exact) mass is 1400 g/mol. The minimum Gasteiger partial charge on any atom is -0.489 e. The van der Waals surface area contributed by atoms with Crippen LogP contribution in [0.25, 0.3) is 5.69 Å². The summed E-state index contributed by atoms with van der Waals surface area (Å²) in [6.45, 7) is 5.33. The molecule has 91 heavy (non-hydrogen) atoms. The third-order valence-electron chi connectivity index (χ3n) is 10.2. The minimum atomic E-state index is -4.71. The van der Waals surface area contributed by atoms with Crippen molar-refractivity contribution in [1.82, 2.24) is 44.1 Å². The number of carbonyl (C=O) groups is 4. The van der Waals surface area contributed by atoms with Gasteiger partial charge in [-0.15, -0.1) is 5.10 Å². The van der Waals surface area contributed by atoms with Crippen molar-refractivity contribution >= 4 is 86.5 Å². The van der Waals surface area contributed by atoms with Crippen LogP contribution in [0.15, 0.2) is 85.7 Å². The van der Waals surface area contributed by atoms with E-state index < -0.39 is 129 Å². The van der Waals surface area contributed by atoms with Crippen molar-refractivity contribution < 1.29 is 110 Å². The Labute approximate surface area is 521 Å². The van der Waals surface area contributed by atoms with Crippen LogP contribution in [-0.4, -0.2) is 142 Å². The van der Waals surface area contributed by atoms with Crippen molar-refractivity contribution in [2.45, 2.75) is 108 Å². The van der Waals surface area contributed by atoms with E-state index in [1.165, 1.54) is 61.8 Å². The lowest BCUT2D eigenvalue weighted by Crippen LogP contribution is -2.35. The Balaban J connectivity index is 0.000000332. The number of anilines is 2. The zero-order valence-electron chi connectivity index (χ0n) is 48.3. The molecule has 0 aliphatic carbocycles. The highest BCUT2D eigenvalue weighted by Crippen LogP contribution is 2.36. The quantitative estimate of drug-likeness (QED) is 0.0250. The fourth-order valence-electron chi connectivity index (χ4n) is 6.36. The van der Waals surface area contributed by atoms with Crippen LogP contribution in [0.3, 0.4) is 0 Å². The number of alkyl halides is 7. The minimum absolute atomic E-state index is 0.0412. The smallest absolute Gasteiger partial charge is 0.442 e. The van der Waals surface area contributed by atoms with Gasteiger partial charge in [0.25, 0.3) is 20.0 Å². The number of aromatic carboxylic acids is 1. The topological polar surface area (TPSA) is 438 Å². The number of hydrogen-bond acceptors (Lipinski definition) is 22. The molecule has 500 valence electrons. The van der Waals surface area contributed by atoms with Crippen LogP contribution in [-0.2, 0) is 41.2 Å². The highest BCUT2D eigenvalue weighted by atomic mass is 35.5. The normalized spacial score (nSPS) is 12.5. The van der Waals surface area contributed by atoms with Gasteiger partial charge in [-0.25, -0.2) is 45.5 Å². The molecule has 3 heterocycles. The Morgan fingerprint density at radius 2 is 1.30 bits per heavy atom. The Hall–Kier alpha value is -8.49. The lowest BCUT2D eigenvalue weighted by Gasteiger charge is -2.13. The van der Waals surface area contributed by atoms with E-state index >= 15 is 0 Å². The molecule has 0 aliphatic heterocycles. The predicted octanol–water partition coefficient (Wildman–Crippen LogP) is 7.99. The van der Waals surface area contributed by atoms with Gasteiger partial charge in [-0.2, -0.15) is 60.3 Å². The molecule has 0 spiro atoms. The summed E-state index contributed by atoms with van der Waals surface area (Å²) in [6, 6.07) is 9.11. The number of rotatable bonds is 21. The summed E-state index contributed by atoms with van der Waals surface area (Å²) in [6.07, 6.45) is -6.26. The van der Waals surface area contributed by atoms with Gasteiger partial charge in [0, 0.05) is 30.7 Å². The first kappa shape index (κ1) is 76.8. The first-order valence-electron chi connectivity index (χ1n) is 25.1. The lowest BCUT2D eigenvalue weighted by atomic mass is 9.97. The Morgan fingerprint density at radius 3 is 1.77 bits per heavy atom. The van der Waals surface area contributed by atoms with E-state index in [0.717, 1.165) is 22.9 Å². The summed E-state index contributed by atoms with van der Waals surface area (Å²) in [5.41, 5.74) is 4.35. The number of halogens is 9. The van der Waals surface area contributed by atoms with E-state index in [-0.39, 0.29) is 52.5 Å². The summed E-state index contributed by atoms with van der Waals surface area (Å²) in [5.74, 6) is -5.49. The second-order valence-electron chi connectivity index (χ2n) is 19.2. The van der Waals surface area contributed by atoms with E-state index in [1.807, 2.05) is 34.6 Å². The number of benzene rings is 3. The van der Waals surface area contributed by atoms with Crippen molar-refractivity contribution in [3.63, 3.8) is 0 Å². The molecule has 0 saturated carbocycles. The number of aliphatic carboxylic acids is 1. The molecule has 0 saturated heterocycles. The zero-order chi connectivity index (χ0) is 69.1. The summed E-state index contributed by atoms with van der Waals surface area (Å²) in [5, 5.41) is 26.0. The second-order valence-corrected chi connectivity index (χ2v) is 25.9. The molecule has 6 rings (SSSR count). The van der Waals surface area contributed by atoms with Gasteiger partial charge in [0.2, 0.25) is 29.5 Å². The van der Waals surface area contributed by atoms with Crippen LogP contribution in [0, 0.1) is 6.92 Å². The summed E-state index contributed by atoms with van der Waals surface area (Å²) in [7, 11) is -11.0. The van der Waals surface area contributed by atoms with Crippen LogP contribution in [0.5, 0.6) is 23.5 Å². The molecular formula is C49H56Cl2F7N12O18PS2. The number of methoxy groups -OCH3 is 1. The average molecular weight is 1400 g/mol. The van der Waals surface area contributed by atoms with E-state index in [1.54, 1.807) is 16.1 Å². The van der Waals surface area contributed by atoms with Crippen LogP contribution in [0.4, 0.5) is 52.2 Å². The van der Waals surface area contributed by atoms with Gasteiger partial charge in [-0.05, 0) is 63.4 Å². The van der Waals surface area contributed by atoms with Crippen molar-refractivity contribution in [2.24, 2.45) is 5.73 Å². The number of ether oxygens (including phenoxy) is 4. The van der Waals surface area contributed by atoms with Gasteiger partial charge in [0.15, 0.2) is 7.37 Å². The third-order valence-corrected chi connectivity index (χ3v) is 14.7.